The summed E-state index contributed by atoms with van der Waals surface area (Å²) in [5.74, 6) is 1.34. The molecule has 0 saturated heterocycles. The van der Waals surface area contributed by atoms with Gasteiger partial charge in [0, 0.05) is 37.3 Å². The van der Waals surface area contributed by atoms with Gasteiger partial charge in [-0.1, -0.05) is 41.9 Å². The minimum absolute atomic E-state index is 0.147. The molecule has 0 amide bonds. The second kappa shape index (κ2) is 11.8. The Morgan fingerprint density at radius 3 is 2.42 bits per heavy atom. The number of ether oxygens (including phenoxy) is 2. The van der Waals surface area contributed by atoms with Crippen LogP contribution in [0.2, 0.25) is 5.02 Å². The van der Waals surface area contributed by atoms with Crippen LogP contribution in [0, 0.1) is 0 Å². The Balaban J connectivity index is 1.97. The molecule has 5 nitrogen and oxygen atoms in total. The lowest BCUT2D eigenvalue weighted by Gasteiger charge is -2.15. The van der Waals surface area contributed by atoms with Crippen LogP contribution in [0.5, 0.6) is 11.5 Å². The van der Waals surface area contributed by atoms with Gasteiger partial charge in [0.1, 0.15) is 6.61 Å². The van der Waals surface area contributed by atoms with E-state index in [0.717, 1.165) is 24.2 Å². The molecule has 0 fully saturated rings. The smallest absolute Gasteiger partial charge is 0.163 e. The summed E-state index contributed by atoms with van der Waals surface area (Å²) in [4.78, 5) is 0. The molecule has 2 rings (SSSR count). The lowest BCUT2D eigenvalue weighted by molar-refractivity contribution is 0.269. The number of benzene rings is 2. The van der Waals surface area contributed by atoms with Crippen molar-refractivity contribution in [3.8, 4) is 11.5 Å². The second-order valence-corrected chi connectivity index (χ2v) is 6.16. The number of halogens is 1. The highest BCUT2D eigenvalue weighted by atomic mass is 35.5. The van der Waals surface area contributed by atoms with Crippen LogP contribution in [-0.4, -0.2) is 38.0 Å². The molecule has 0 saturated carbocycles. The van der Waals surface area contributed by atoms with Gasteiger partial charge < -0.3 is 25.2 Å². The molecule has 0 spiro atoms. The van der Waals surface area contributed by atoms with Gasteiger partial charge in [-0.05, 0) is 24.1 Å². The van der Waals surface area contributed by atoms with Crippen LogP contribution in [0.25, 0.3) is 0 Å². The van der Waals surface area contributed by atoms with Gasteiger partial charge in [-0.25, -0.2) is 0 Å². The fraction of sp³-hybridized carbons (Fsp3) is 0.400. The van der Waals surface area contributed by atoms with Crippen LogP contribution < -0.4 is 20.1 Å². The molecule has 26 heavy (non-hydrogen) atoms. The summed E-state index contributed by atoms with van der Waals surface area (Å²) < 4.78 is 11.6. The van der Waals surface area contributed by atoms with Gasteiger partial charge in [0.25, 0.3) is 0 Å². The molecule has 3 N–H and O–H groups in total. The minimum atomic E-state index is 0.147. The Kier molecular flexibility index (Phi) is 9.28. The average molecular weight is 379 g/mol. The molecular formula is C20H27ClN2O3. The van der Waals surface area contributed by atoms with Crippen LogP contribution in [-0.2, 0) is 13.2 Å². The molecule has 2 aromatic carbocycles. The summed E-state index contributed by atoms with van der Waals surface area (Å²) in [7, 11) is 0. The Hall–Kier alpha value is -1.79. The summed E-state index contributed by atoms with van der Waals surface area (Å²) in [6, 6.07) is 13.7. The molecule has 0 heterocycles. The zero-order valence-electron chi connectivity index (χ0n) is 15.1. The van der Waals surface area contributed by atoms with Crippen LogP contribution in [0.15, 0.2) is 42.5 Å². The highest BCUT2D eigenvalue weighted by Gasteiger charge is 2.11. The highest BCUT2D eigenvalue weighted by molar-refractivity contribution is 6.31. The second-order valence-electron chi connectivity index (χ2n) is 5.75. The van der Waals surface area contributed by atoms with E-state index in [9.17, 15) is 0 Å². The molecule has 142 valence electrons. The molecule has 2 aromatic rings. The fourth-order valence-electron chi connectivity index (χ4n) is 2.43. The van der Waals surface area contributed by atoms with Gasteiger partial charge >= 0.3 is 0 Å². The average Bonchev–Trinajstić information content (AvgIpc) is 2.66. The summed E-state index contributed by atoms with van der Waals surface area (Å²) in [6.07, 6.45) is 0. The van der Waals surface area contributed by atoms with Gasteiger partial charge in [0.05, 0.1) is 13.2 Å². The van der Waals surface area contributed by atoms with Crippen molar-refractivity contribution in [2.45, 2.75) is 20.1 Å². The Labute approximate surface area is 160 Å². The number of hydrogen-bond acceptors (Lipinski definition) is 5. The quantitative estimate of drug-likeness (QED) is 0.495. The number of aliphatic hydroxyl groups is 1. The summed E-state index contributed by atoms with van der Waals surface area (Å²) in [5, 5.41) is 15.8. The van der Waals surface area contributed by atoms with E-state index in [1.165, 1.54) is 0 Å². The van der Waals surface area contributed by atoms with Gasteiger partial charge in [-0.15, -0.1) is 0 Å². The van der Waals surface area contributed by atoms with E-state index in [-0.39, 0.29) is 6.61 Å². The van der Waals surface area contributed by atoms with Crippen molar-refractivity contribution in [2.75, 3.05) is 32.8 Å². The van der Waals surface area contributed by atoms with Crippen LogP contribution in [0.3, 0.4) is 0 Å². The van der Waals surface area contributed by atoms with Crippen molar-refractivity contribution in [2.24, 2.45) is 0 Å². The molecule has 0 aliphatic rings. The van der Waals surface area contributed by atoms with Crippen molar-refractivity contribution in [1.82, 2.24) is 10.6 Å². The minimum Gasteiger partial charge on any atom is -0.490 e. The van der Waals surface area contributed by atoms with Crippen LogP contribution in [0.1, 0.15) is 18.1 Å². The van der Waals surface area contributed by atoms with Gasteiger partial charge in [0.15, 0.2) is 11.5 Å². The summed E-state index contributed by atoms with van der Waals surface area (Å²) >= 11 is 6.42. The molecule has 0 aromatic heterocycles. The van der Waals surface area contributed by atoms with E-state index < -0.39 is 0 Å². The Morgan fingerprint density at radius 1 is 0.962 bits per heavy atom. The first kappa shape index (κ1) is 20.5. The topological polar surface area (TPSA) is 62.8 Å². The molecular weight excluding hydrogens is 352 g/mol. The zero-order valence-corrected chi connectivity index (χ0v) is 15.9. The standard InChI is InChI=1S/C20H27ClN2O3/c1-2-25-19-12-17(14-23-9-8-22-10-11-24)18(21)13-20(19)26-15-16-6-4-3-5-7-16/h3-7,12-13,22-24H,2,8-11,14-15H2,1H3. The van der Waals surface area contributed by atoms with E-state index in [4.69, 9.17) is 26.2 Å². The number of aliphatic hydroxyl groups excluding tert-OH is 1. The van der Waals surface area contributed by atoms with Crippen molar-refractivity contribution in [3.05, 3.63) is 58.6 Å². The number of nitrogens with one attached hydrogen (secondary N) is 2. The van der Waals surface area contributed by atoms with Gasteiger partial charge in [-0.3, -0.25) is 0 Å². The number of hydrogen-bond donors (Lipinski definition) is 3. The maximum absolute atomic E-state index is 8.73. The third kappa shape index (κ3) is 6.84. The predicted octanol–water partition coefficient (Wildman–Crippen LogP) is 2.99. The molecule has 0 bridgehead atoms. The first-order chi connectivity index (χ1) is 12.7. The molecule has 0 radical (unpaired) electrons. The molecule has 0 unspecified atom stereocenters. The maximum Gasteiger partial charge on any atom is 0.163 e. The Morgan fingerprint density at radius 2 is 1.69 bits per heavy atom. The fourth-order valence-corrected chi connectivity index (χ4v) is 2.65. The normalized spacial score (nSPS) is 10.7. The van der Waals surface area contributed by atoms with Gasteiger partial charge in [0.2, 0.25) is 0 Å². The monoisotopic (exact) mass is 378 g/mol. The molecule has 0 aliphatic heterocycles. The van der Waals surface area contributed by atoms with Crippen molar-refractivity contribution >= 4 is 11.6 Å². The van der Waals surface area contributed by atoms with E-state index in [1.54, 1.807) is 0 Å². The summed E-state index contributed by atoms with van der Waals surface area (Å²) in [6.45, 7) is 5.92. The molecule has 6 heteroatoms. The zero-order chi connectivity index (χ0) is 18.6. The maximum atomic E-state index is 8.73. The highest BCUT2D eigenvalue weighted by Crippen LogP contribution is 2.34. The first-order valence-electron chi connectivity index (χ1n) is 8.88. The van der Waals surface area contributed by atoms with Crippen molar-refractivity contribution in [1.29, 1.82) is 0 Å². The van der Waals surface area contributed by atoms with E-state index in [1.807, 2.05) is 49.4 Å². The lowest BCUT2D eigenvalue weighted by Crippen LogP contribution is -2.28. The van der Waals surface area contributed by atoms with E-state index in [2.05, 4.69) is 10.6 Å². The molecule has 0 atom stereocenters. The predicted molar refractivity (Wildman–Crippen MR) is 105 cm³/mol. The van der Waals surface area contributed by atoms with Crippen LogP contribution in [0.4, 0.5) is 0 Å². The van der Waals surface area contributed by atoms with Crippen molar-refractivity contribution < 1.29 is 14.6 Å². The van der Waals surface area contributed by atoms with Gasteiger partial charge in [-0.2, -0.15) is 0 Å². The first-order valence-corrected chi connectivity index (χ1v) is 9.26. The van der Waals surface area contributed by atoms with E-state index in [0.29, 0.717) is 42.8 Å². The lowest BCUT2D eigenvalue weighted by atomic mass is 10.2. The molecule has 0 aliphatic carbocycles. The van der Waals surface area contributed by atoms with Crippen LogP contribution >= 0.6 is 11.6 Å². The SMILES string of the molecule is CCOc1cc(CNCCNCCO)c(Cl)cc1OCc1ccccc1. The third-order valence-electron chi connectivity index (χ3n) is 3.73. The van der Waals surface area contributed by atoms with E-state index >= 15 is 0 Å². The number of rotatable bonds is 12. The Bertz CT molecular complexity index is 653. The summed E-state index contributed by atoms with van der Waals surface area (Å²) in [5.41, 5.74) is 2.05. The third-order valence-corrected chi connectivity index (χ3v) is 4.08. The largest absolute Gasteiger partial charge is 0.490 e. The van der Waals surface area contributed by atoms with Crippen molar-refractivity contribution in [3.63, 3.8) is 0 Å².